The number of hydrogen-bond acceptors (Lipinski definition) is 3. The van der Waals surface area contributed by atoms with Gasteiger partial charge in [0.25, 0.3) is 5.91 Å². The predicted octanol–water partition coefficient (Wildman–Crippen LogP) is 4.54. The van der Waals surface area contributed by atoms with E-state index in [4.69, 9.17) is 4.74 Å². The topological polar surface area (TPSA) is 42.4 Å². The lowest BCUT2D eigenvalue weighted by Crippen LogP contribution is -2.30. The molecule has 0 atom stereocenters. The average Bonchev–Trinajstić information content (AvgIpc) is 2.68. The molecular weight excluding hydrogens is 312 g/mol. The minimum absolute atomic E-state index is 0.0369. The smallest absolute Gasteiger partial charge is 0.255 e. The van der Waals surface area contributed by atoms with Crippen molar-refractivity contribution >= 4 is 5.91 Å². The van der Waals surface area contributed by atoms with Gasteiger partial charge in [0.2, 0.25) is 5.88 Å². The largest absolute Gasteiger partial charge is 0.439 e. The van der Waals surface area contributed by atoms with Crippen molar-refractivity contribution < 1.29 is 9.53 Å². The summed E-state index contributed by atoms with van der Waals surface area (Å²) in [5.41, 5.74) is 1.66. The Morgan fingerprint density at radius 1 is 0.960 bits per heavy atom. The van der Waals surface area contributed by atoms with Crippen molar-refractivity contribution in [1.82, 2.24) is 9.88 Å². The summed E-state index contributed by atoms with van der Waals surface area (Å²) in [4.78, 5) is 18.7. The van der Waals surface area contributed by atoms with Gasteiger partial charge < -0.3 is 9.64 Å². The van der Waals surface area contributed by atoms with Gasteiger partial charge in [-0.15, -0.1) is 0 Å². The summed E-state index contributed by atoms with van der Waals surface area (Å²) in [5, 5.41) is 0. The molecule has 0 radical (unpaired) electrons. The van der Waals surface area contributed by atoms with Crippen molar-refractivity contribution in [2.45, 2.75) is 13.5 Å². The molecule has 0 aliphatic rings. The van der Waals surface area contributed by atoms with Crippen LogP contribution in [0.3, 0.4) is 0 Å². The van der Waals surface area contributed by atoms with Crippen LogP contribution >= 0.6 is 0 Å². The number of amides is 1. The van der Waals surface area contributed by atoms with E-state index in [9.17, 15) is 4.79 Å². The van der Waals surface area contributed by atoms with Crippen LogP contribution in [-0.2, 0) is 6.54 Å². The number of carbonyl (C=O) groups excluding carboxylic acids is 1. The van der Waals surface area contributed by atoms with Gasteiger partial charge in [-0.3, -0.25) is 4.79 Å². The highest BCUT2D eigenvalue weighted by molar-refractivity contribution is 5.93. The van der Waals surface area contributed by atoms with Gasteiger partial charge in [-0.25, -0.2) is 4.98 Å². The van der Waals surface area contributed by atoms with Crippen LogP contribution in [-0.4, -0.2) is 22.3 Å². The third kappa shape index (κ3) is 4.44. The predicted molar refractivity (Wildman–Crippen MR) is 97.6 cm³/mol. The van der Waals surface area contributed by atoms with Crippen molar-refractivity contribution in [2.24, 2.45) is 0 Å². The van der Waals surface area contributed by atoms with Crippen molar-refractivity contribution in [3.63, 3.8) is 0 Å². The first kappa shape index (κ1) is 16.7. The molecule has 1 aromatic heterocycles. The van der Waals surface area contributed by atoms with Crippen LogP contribution in [0.4, 0.5) is 0 Å². The van der Waals surface area contributed by atoms with E-state index in [1.807, 2.05) is 67.6 Å². The molecule has 0 saturated carbocycles. The Bertz CT molecular complexity index is 802. The fourth-order valence-corrected chi connectivity index (χ4v) is 2.49. The van der Waals surface area contributed by atoms with Crippen LogP contribution in [0.1, 0.15) is 22.8 Å². The third-order valence-corrected chi connectivity index (χ3v) is 3.83. The van der Waals surface area contributed by atoms with Crippen LogP contribution in [0.2, 0.25) is 0 Å². The summed E-state index contributed by atoms with van der Waals surface area (Å²) in [6.07, 6.45) is 1.56. The molecule has 1 heterocycles. The third-order valence-electron chi connectivity index (χ3n) is 3.83. The Balaban J connectivity index is 1.68. The van der Waals surface area contributed by atoms with Crippen molar-refractivity contribution in [3.8, 4) is 11.6 Å². The highest BCUT2D eigenvalue weighted by Gasteiger charge is 2.15. The molecule has 1 amide bonds. The van der Waals surface area contributed by atoms with Crippen LogP contribution in [0.25, 0.3) is 0 Å². The van der Waals surface area contributed by atoms with Gasteiger partial charge in [-0.05, 0) is 30.7 Å². The molecule has 0 saturated heterocycles. The minimum atomic E-state index is -0.0369. The Morgan fingerprint density at radius 3 is 2.24 bits per heavy atom. The number of para-hydroxylation sites is 1. The summed E-state index contributed by atoms with van der Waals surface area (Å²) in [6, 6.07) is 22.9. The van der Waals surface area contributed by atoms with Crippen LogP contribution in [0, 0.1) is 0 Å². The molecular formula is C21H20N2O2. The summed E-state index contributed by atoms with van der Waals surface area (Å²) in [6.45, 7) is 3.19. The lowest BCUT2D eigenvalue weighted by Gasteiger charge is -2.21. The number of nitrogens with zero attached hydrogens (tertiary/aromatic N) is 2. The van der Waals surface area contributed by atoms with E-state index in [1.165, 1.54) is 0 Å². The van der Waals surface area contributed by atoms with E-state index in [1.54, 1.807) is 23.2 Å². The Kier molecular flexibility index (Phi) is 5.42. The maximum atomic E-state index is 12.7. The van der Waals surface area contributed by atoms with Gasteiger partial charge in [0.05, 0.1) is 5.56 Å². The highest BCUT2D eigenvalue weighted by Crippen LogP contribution is 2.19. The summed E-state index contributed by atoms with van der Waals surface area (Å²) >= 11 is 0. The molecule has 4 nitrogen and oxygen atoms in total. The maximum absolute atomic E-state index is 12.7. The van der Waals surface area contributed by atoms with E-state index in [0.717, 1.165) is 5.56 Å². The molecule has 2 aromatic carbocycles. The summed E-state index contributed by atoms with van der Waals surface area (Å²) in [5.74, 6) is 1.15. The lowest BCUT2D eigenvalue weighted by molar-refractivity contribution is 0.0752. The van der Waals surface area contributed by atoms with Crippen LogP contribution in [0.15, 0.2) is 79.0 Å². The van der Waals surface area contributed by atoms with E-state index in [2.05, 4.69) is 4.98 Å². The number of benzene rings is 2. The van der Waals surface area contributed by atoms with Crippen molar-refractivity contribution in [3.05, 3.63) is 90.1 Å². The van der Waals surface area contributed by atoms with E-state index in [0.29, 0.717) is 30.3 Å². The van der Waals surface area contributed by atoms with Crippen molar-refractivity contribution in [2.75, 3.05) is 6.54 Å². The first-order valence-corrected chi connectivity index (χ1v) is 8.28. The number of carbonyl (C=O) groups is 1. The number of hydrogen-bond donors (Lipinski definition) is 0. The Morgan fingerprint density at radius 2 is 1.64 bits per heavy atom. The molecule has 0 N–H and O–H groups in total. The second-order valence-corrected chi connectivity index (χ2v) is 5.61. The van der Waals surface area contributed by atoms with Crippen LogP contribution < -0.4 is 4.74 Å². The molecule has 3 rings (SSSR count). The van der Waals surface area contributed by atoms with Crippen LogP contribution in [0.5, 0.6) is 11.6 Å². The first-order valence-electron chi connectivity index (χ1n) is 8.28. The quantitative estimate of drug-likeness (QED) is 0.666. The van der Waals surface area contributed by atoms with E-state index >= 15 is 0 Å². The fraction of sp³-hybridized carbons (Fsp3) is 0.143. The summed E-state index contributed by atoms with van der Waals surface area (Å²) in [7, 11) is 0. The zero-order valence-corrected chi connectivity index (χ0v) is 14.1. The standard InChI is InChI=1S/C21H20N2O2/c1-2-23(16-17-9-5-3-6-10-17)21(24)18-13-14-20(22-15-18)25-19-11-7-4-8-12-19/h3-15H,2,16H2,1H3. The SMILES string of the molecule is CCN(Cc1ccccc1)C(=O)c1ccc(Oc2ccccc2)nc1. The maximum Gasteiger partial charge on any atom is 0.255 e. The zero-order valence-electron chi connectivity index (χ0n) is 14.1. The lowest BCUT2D eigenvalue weighted by atomic mass is 10.2. The molecule has 0 bridgehead atoms. The van der Waals surface area contributed by atoms with Gasteiger partial charge >= 0.3 is 0 Å². The Hall–Kier alpha value is -3.14. The molecule has 0 aliphatic carbocycles. The Labute approximate surface area is 147 Å². The zero-order chi connectivity index (χ0) is 17.5. The molecule has 25 heavy (non-hydrogen) atoms. The first-order chi connectivity index (χ1) is 12.3. The molecule has 0 fully saturated rings. The molecule has 4 heteroatoms. The fourth-order valence-electron chi connectivity index (χ4n) is 2.49. The van der Waals surface area contributed by atoms with Gasteiger partial charge in [-0.2, -0.15) is 0 Å². The average molecular weight is 332 g/mol. The normalized spacial score (nSPS) is 10.3. The van der Waals surface area contributed by atoms with E-state index in [-0.39, 0.29) is 5.91 Å². The molecule has 126 valence electrons. The van der Waals surface area contributed by atoms with Gasteiger partial charge in [0.15, 0.2) is 0 Å². The highest BCUT2D eigenvalue weighted by atomic mass is 16.5. The second-order valence-electron chi connectivity index (χ2n) is 5.61. The molecule has 0 aliphatic heterocycles. The second kappa shape index (κ2) is 8.11. The van der Waals surface area contributed by atoms with Gasteiger partial charge in [0.1, 0.15) is 5.75 Å². The molecule has 0 unspecified atom stereocenters. The van der Waals surface area contributed by atoms with Gasteiger partial charge in [0, 0.05) is 25.4 Å². The van der Waals surface area contributed by atoms with E-state index < -0.39 is 0 Å². The number of aromatic nitrogens is 1. The minimum Gasteiger partial charge on any atom is -0.439 e. The molecule has 0 spiro atoms. The number of pyridine rings is 1. The number of rotatable bonds is 6. The summed E-state index contributed by atoms with van der Waals surface area (Å²) < 4.78 is 5.66. The van der Waals surface area contributed by atoms with Crippen molar-refractivity contribution in [1.29, 1.82) is 0 Å². The number of ether oxygens (including phenoxy) is 1. The van der Waals surface area contributed by atoms with Gasteiger partial charge in [-0.1, -0.05) is 48.5 Å². The molecule has 3 aromatic rings. The monoisotopic (exact) mass is 332 g/mol.